The summed E-state index contributed by atoms with van der Waals surface area (Å²) in [5.41, 5.74) is 9.65. The van der Waals surface area contributed by atoms with Crippen molar-refractivity contribution in [3.8, 4) is 51.0 Å². The van der Waals surface area contributed by atoms with Gasteiger partial charge in [-0.1, -0.05) is 218 Å². The molecule has 0 saturated carbocycles. The quantitative estimate of drug-likeness (QED) is 0.107. The van der Waals surface area contributed by atoms with Crippen LogP contribution in [0.4, 0.5) is 0 Å². The van der Waals surface area contributed by atoms with Gasteiger partial charge in [-0.25, -0.2) is 15.0 Å². The Bertz CT molecular complexity index is 3880. The number of furan rings is 1. The summed E-state index contributed by atoms with van der Waals surface area (Å²) in [5.74, 6) is 1.75. The third kappa shape index (κ3) is 6.64. The number of nitrogens with zero attached hydrogens (tertiary/aromatic N) is 4. The lowest BCUT2D eigenvalue weighted by molar-refractivity contribution is 0.669. The van der Waals surface area contributed by atoms with Gasteiger partial charge in [0.1, 0.15) is 11.2 Å². The van der Waals surface area contributed by atoms with E-state index in [-0.39, 0.29) is 0 Å². The summed E-state index contributed by atoms with van der Waals surface area (Å²) in [6, 6.07) is 90.7. The molecule has 0 saturated heterocycles. The molecule has 0 unspecified atom stereocenters. The smallest absolute Gasteiger partial charge is 0.179 e. The fraction of sp³-hybridized carbons (Fsp3) is 0. The maximum atomic E-state index is 6.42. The first-order chi connectivity index (χ1) is 34.2. The number of fused-ring (bicyclic) bond motifs is 6. The van der Waals surface area contributed by atoms with Crippen molar-refractivity contribution in [1.29, 1.82) is 0 Å². The molecule has 13 aromatic rings. The molecule has 0 bridgehead atoms. The highest BCUT2D eigenvalue weighted by atomic mass is 28.3. The van der Waals surface area contributed by atoms with Crippen molar-refractivity contribution >= 4 is 72.6 Å². The lowest BCUT2D eigenvalue weighted by Crippen LogP contribution is -2.74. The summed E-state index contributed by atoms with van der Waals surface area (Å²) in [7, 11) is -2.90. The number of benzene rings is 10. The van der Waals surface area contributed by atoms with E-state index in [1.54, 1.807) is 0 Å². The highest BCUT2D eigenvalue weighted by Crippen LogP contribution is 2.41. The predicted octanol–water partition coefficient (Wildman–Crippen LogP) is 12.9. The molecule has 69 heavy (non-hydrogen) atoms. The van der Waals surface area contributed by atoms with E-state index in [0.29, 0.717) is 17.5 Å². The van der Waals surface area contributed by atoms with E-state index < -0.39 is 8.07 Å². The molecule has 0 fully saturated rings. The standard InChI is InChI=1S/C63H42N4OSi/c1-4-23-44(24-5-1)69(45-25-6-2-7-26-45,46-27-8-3-9-28-46)47-29-20-22-43(42-47)61-64-62(52-33-11-10-30-48(52)51-36-21-41-59-60(51)54-35-15-19-40-58(54)68-59)66-63(65-61)53-34-14-18-39-57(53)67-55-37-16-12-31-49(55)50-32-13-17-38-56(50)67/h1-42H. The number of aromatic nitrogens is 4. The van der Waals surface area contributed by atoms with Gasteiger partial charge in [-0.15, -0.1) is 0 Å². The first-order valence-corrected chi connectivity index (χ1v) is 25.4. The van der Waals surface area contributed by atoms with Gasteiger partial charge in [-0.2, -0.15) is 0 Å². The van der Waals surface area contributed by atoms with Crippen molar-refractivity contribution in [3.63, 3.8) is 0 Å². The van der Waals surface area contributed by atoms with Crippen molar-refractivity contribution in [2.45, 2.75) is 0 Å². The molecular formula is C63H42N4OSi. The van der Waals surface area contributed by atoms with Crippen molar-refractivity contribution in [2.75, 3.05) is 0 Å². The molecular weight excluding hydrogens is 857 g/mol. The number of hydrogen-bond donors (Lipinski definition) is 0. The zero-order valence-corrected chi connectivity index (χ0v) is 38.4. The molecule has 0 amide bonds. The molecule has 10 aromatic carbocycles. The molecule has 13 rings (SSSR count). The van der Waals surface area contributed by atoms with Crippen LogP contribution in [0.2, 0.25) is 0 Å². The summed E-state index contributed by atoms with van der Waals surface area (Å²) in [5, 5.41) is 9.63. The van der Waals surface area contributed by atoms with E-state index in [2.05, 4.69) is 241 Å². The molecule has 5 nitrogen and oxygen atoms in total. The molecule has 0 atom stereocenters. The van der Waals surface area contributed by atoms with Crippen molar-refractivity contribution in [2.24, 2.45) is 0 Å². The highest BCUT2D eigenvalue weighted by molar-refractivity contribution is 7.19. The molecule has 0 aliphatic rings. The molecule has 3 heterocycles. The van der Waals surface area contributed by atoms with E-state index in [0.717, 1.165) is 66.5 Å². The lowest BCUT2D eigenvalue weighted by Gasteiger charge is -2.34. The lowest BCUT2D eigenvalue weighted by atomic mass is 9.95. The van der Waals surface area contributed by atoms with Crippen LogP contribution in [0.3, 0.4) is 0 Å². The Hall–Kier alpha value is -8.97. The summed E-state index contributed by atoms with van der Waals surface area (Å²) in [6.45, 7) is 0. The molecule has 6 heteroatoms. The fourth-order valence-corrected chi connectivity index (χ4v) is 15.4. The number of para-hydroxylation sites is 4. The second-order valence-electron chi connectivity index (χ2n) is 17.4. The van der Waals surface area contributed by atoms with Crippen molar-refractivity contribution in [1.82, 2.24) is 19.5 Å². The van der Waals surface area contributed by atoms with Gasteiger partial charge in [0, 0.05) is 38.2 Å². The molecule has 324 valence electrons. The van der Waals surface area contributed by atoms with E-state index in [1.165, 1.54) is 31.5 Å². The third-order valence-corrected chi connectivity index (χ3v) is 18.4. The maximum Gasteiger partial charge on any atom is 0.179 e. The van der Waals surface area contributed by atoms with E-state index in [4.69, 9.17) is 19.4 Å². The van der Waals surface area contributed by atoms with E-state index in [1.807, 2.05) is 18.2 Å². The van der Waals surface area contributed by atoms with Gasteiger partial charge in [0.2, 0.25) is 0 Å². The maximum absolute atomic E-state index is 6.42. The number of hydrogen-bond acceptors (Lipinski definition) is 4. The molecule has 3 aromatic heterocycles. The monoisotopic (exact) mass is 898 g/mol. The Balaban J connectivity index is 1.08. The van der Waals surface area contributed by atoms with Crippen LogP contribution in [-0.2, 0) is 0 Å². The predicted molar refractivity (Wildman–Crippen MR) is 287 cm³/mol. The van der Waals surface area contributed by atoms with Gasteiger partial charge in [0.25, 0.3) is 0 Å². The second-order valence-corrected chi connectivity index (χ2v) is 21.3. The van der Waals surface area contributed by atoms with Gasteiger partial charge in [0.05, 0.1) is 16.7 Å². The van der Waals surface area contributed by atoms with E-state index >= 15 is 0 Å². The summed E-state index contributed by atoms with van der Waals surface area (Å²) >= 11 is 0. The Morgan fingerprint density at radius 3 is 1.42 bits per heavy atom. The summed E-state index contributed by atoms with van der Waals surface area (Å²) < 4.78 is 8.77. The van der Waals surface area contributed by atoms with Crippen LogP contribution in [0, 0.1) is 0 Å². The topological polar surface area (TPSA) is 56.7 Å². The average molecular weight is 899 g/mol. The first kappa shape index (κ1) is 40.3. The third-order valence-electron chi connectivity index (χ3n) is 13.6. The fourth-order valence-electron chi connectivity index (χ4n) is 10.7. The highest BCUT2D eigenvalue weighted by Gasteiger charge is 2.41. The van der Waals surface area contributed by atoms with Crippen LogP contribution in [0.5, 0.6) is 0 Å². The number of rotatable bonds is 9. The van der Waals surface area contributed by atoms with Gasteiger partial charge in [-0.3, -0.25) is 0 Å². The largest absolute Gasteiger partial charge is 0.456 e. The molecule has 0 aliphatic carbocycles. The Kier molecular flexibility index (Phi) is 9.77. The van der Waals surface area contributed by atoms with Crippen molar-refractivity contribution in [3.05, 3.63) is 255 Å². The minimum atomic E-state index is -2.90. The SMILES string of the molecule is c1ccc([Si](c2ccccc2)(c2ccccc2)c2cccc(-c3nc(-c4ccccc4-c4cccc5oc6ccccc6c45)nc(-c4ccccc4-n4c5ccccc5c5ccccc54)n3)c2)cc1. The molecule has 0 N–H and O–H groups in total. The van der Waals surface area contributed by atoms with E-state index in [9.17, 15) is 0 Å². The van der Waals surface area contributed by atoms with Crippen molar-refractivity contribution < 1.29 is 4.42 Å². The zero-order chi connectivity index (χ0) is 45.7. The zero-order valence-electron chi connectivity index (χ0n) is 37.4. The summed E-state index contributed by atoms with van der Waals surface area (Å²) in [6.07, 6.45) is 0. The Morgan fingerprint density at radius 2 is 0.768 bits per heavy atom. The molecule has 0 radical (unpaired) electrons. The van der Waals surface area contributed by atoms with Gasteiger partial charge >= 0.3 is 0 Å². The Morgan fingerprint density at radius 1 is 0.319 bits per heavy atom. The normalized spacial score (nSPS) is 11.8. The van der Waals surface area contributed by atoms with Crippen LogP contribution < -0.4 is 20.7 Å². The minimum Gasteiger partial charge on any atom is -0.456 e. The van der Waals surface area contributed by atoms with Crippen LogP contribution >= 0.6 is 0 Å². The van der Waals surface area contributed by atoms with Gasteiger partial charge < -0.3 is 8.98 Å². The Labute approximate surface area is 400 Å². The summed E-state index contributed by atoms with van der Waals surface area (Å²) in [4.78, 5) is 16.5. The van der Waals surface area contributed by atoms with Crippen LogP contribution in [0.1, 0.15) is 0 Å². The van der Waals surface area contributed by atoms with Gasteiger partial charge in [-0.05, 0) is 68.3 Å². The molecule has 0 aliphatic heterocycles. The first-order valence-electron chi connectivity index (χ1n) is 23.4. The second kappa shape index (κ2) is 16.7. The van der Waals surface area contributed by atoms with Crippen LogP contribution in [-0.4, -0.2) is 27.6 Å². The van der Waals surface area contributed by atoms with Crippen LogP contribution in [0.15, 0.2) is 259 Å². The molecule has 0 spiro atoms. The minimum absolute atomic E-state index is 0.579. The average Bonchev–Trinajstić information content (AvgIpc) is 3.98. The van der Waals surface area contributed by atoms with Gasteiger partial charge in [0.15, 0.2) is 25.5 Å². The van der Waals surface area contributed by atoms with Crippen LogP contribution in [0.25, 0.3) is 94.7 Å².